The van der Waals surface area contributed by atoms with Crippen LogP contribution in [0.2, 0.25) is 0 Å². The molecule has 1 amide bonds. The van der Waals surface area contributed by atoms with Crippen LogP contribution in [0.3, 0.4) is 0 Å². The Bertz CT molecular complexity index is 661. The molecule has 1 aliphatic carbocycles. The minimum absolute atomic E-state index is 0.152. The van der Waals surface area contributed by atoms with E-state index in [0.717, 1.165) is 37.2 Å². The second-order valence-corrected chi connectivity index (χ2v) is 7.02. The SMILES string of the molecule is CCc1nc(CN[C@H](C)c2ccc(NC(=O)C3CC3)cc2)cs1. The number of carbonyl (C=O) groups excluding carboxylic acids is 1. The number of amides is 1. The Labute approximate surface area is 141 Å². The van der Waals surface area contributed by atoms with Crippen molar-refractivity contribution >= 4 is 22.9 Å². The van der Waals surface area contributed by atoms with Crippen LogP contribution in [0.5, 0.6) is 0 Å². The van der Waals surface area contributed by atoms with Gasteiger partial charge in [0.2, 0.25) is 5.91 Å². The fraction of sp³-hybridized carbons (Fsp3) is 0.444. The lowest BCUT2D eigenvalue weighted by molar-refractivity contribution is -0.117. The highest BCUT2D eigenvalue weighted by Crippen LogP contribution is 2.30. The average molecular weight is 329 g/mol. The highest BCUT2D eigenvalue weighted by atomic mass is 32.1. The molecule has 1 aliphatic rings. The second-order valence-electron chi connectivity index (χ2n) is 6.07. The van der Waals surface area contributed by atoms with Crippen molar-refractivity contribution in [2.24, 2.45) is 5.92 Å². The molecule has 2 aromatic rings. The van der Waals surface area contributed by atoms with E-state index in [4.69, 9.17) is 0 Å². The molecule has 4 nitrogen and oxygen atoms in total. The molecule has 122 valence electrons. The van der Waals surface area contributed by atoms with Crippen LogP contribution in [0.1, 0.15) is 49.0 Å². The maximum Gasteiger partial charge on any atom is 0.227 e. The molecule has 2 N–H and O–H groups in total. The zero-order chi connectivity index (χ0) is 16.2. The maximum atomic E-state index is 11.8. The Hall–Kier alpha value is -1.72. The van der Waals surface area contributed by atoms with Gasteiger partial charge in [0.15, 0.2) is 0 Å². The number of rotatable bonds is 7. The monoisotopic (exact) mass is 329 g/mol. The van der Waals surface area contributed by atoms with Gasteiger partial charge in [0, 0.05) is 29.6 Å². The molecule has 0 radical (unpaired) electrons. The Morgan fingerprint density at radius 2 is 2.09 bits per heavy atom. The van der Waals surface area contributed by atoms with Crippen molar-refractivity contribution in [3.05, 3.63) is 45.9 Å². The fourth-order valence-electron chi connectivity index (χ4n) is 2.41. The third kappa shape index (κ3) is 4.39. The summed E-state index contributed by atoms with van der Waals surface area (Å²) in [6.07, 6.45) is 3.05. The van der Waals surface area contributed by atoms with Gasteiger partial charge in [0.05, 0.1) is 10.7 Å². The summed E-state index contributed by atoms with van der Waals surface area (Å²) in [7, 11) is 0. The molecule has 0 unspecified atom stereocenters. The van der Waals surface area contributed by atoms with E-state index in [1.54, 1.807) is 11.3 Å². The van der Waals surface area contributed by atoms with Gasteiger partial charge in [0.1, 0.15) is 0 Å². The first-order chi connectivity index (χ1) is 11.2. The number of nitrogens with one attached hydrogen (secondary N) is 2. The quantitative estimate of drug-likeness (QED) is 0.810. The standard InChI is InChI=1S/C18H23N3OS/c1-3-17-20-16(11-23-17)10-19-12(2)13-6-8-15(9-7-13)21-18(22)14-4-5-14/h6-9,11-12,14,19H,3-5,10H2,1-2H3,(H,21,22)/t12-/m1/s1. The molecular weight excluding hydrogens is 306 g/mol. The summed E-state index contributed by atoms with van der Waals surface area (Å²) >= 11 is 1.72. The molecule has 1 atom stereocenters. The lowest BCUT2D eigenvalue weighted by Gasteiger charge is -2.14. The normalized spacial score (nSPS) is 15.4. The number of hydrogen-bond donors (Lipinski definition) is 2. The number of thiazole rings is 1. The van der Waals surface area contributed by atoms with E-state index in [1.807, 2.05) is 12.1 Å². The first kappa shape index (κ1) is 16.1. The summed E-state index contributed by atoms with van der Waals surface area (Å²) in [5.41, 5.74) is 3.19. The molecule has 23 heavy (non-hydrogen) atoms. The van der Waals surface area contributed by atoms with Crippen LogP contribution in [0.15, 0.2) is 29.6 Å². The Balaban J connectivity index is 1.52. The highest BCUT2D eigenvalue weighted by molar-refractivity contribution is 7.09. The third-order valence-corrected chi connectivity index (χ3v) is 5.16. The molecule has 1 saturated carbocycles. The number of aryl methyl sites for hydroxylation is 1. The van der Waals surface area contributed by atoms with Gasteiger partial charge in [0.25, 0.3) is 0 Å². The minimum Gasteiger partial charge on any atom is -0.326 e. The average Bonchev–Trinajstić information content (AvgIpc) is 3.32. The fourth-order valence-corrected chi connectivity index (χ4v) is 3.16. The number of carbonyl (C=O) groups is 1. The van der Waals surface area contributed by atoms with Crippen molar-refractivity contribution < 1.29 is 4.79 Å². The molecule has 1 heterocycles. The van der Waals surface area contributed by atoms with Crippen LogP contribution in [0.4, 0.5) is 5.69 Å². The number of aromatic nitrogens is 1. The molecule has 5 heteroatoms. The molecule has 0 bridgehead atoms. The van der Waals surface area contributed by atoms with Gasteiger partial charge in [-0.2, -0.15) is 0 Å². The van der Waals surface area contributed by atoms with Gasteiger partial charge in [-0.25, -0.2) is 4.98 Å². The Kier molecular flexibility index (Phi) is 5.08. The predicted molar refractivity (Wildman–Crippen MR) is 94.5 cm³/mol. The van der Waals surface area contributed by atoms with Crippen molar-refractivity contribution in [1.82, 2.24) is 10.3 Å². The maximum absolute atomic E-state index is 11.8. The van der Waals surface area contributed by atoms with E-state index in [1.165, 1.54) is 10.6 Å². The summed E-state index contributed by atoms with van der Waals surface area (Å²) < 4.78 is 0. The van der Waals surface area contributed by atoms with Crippen molar-refractivity contribution in [1.29, 1.82) is 0 Å². The lowest BCUT2D eigenvalue weighted by Crippen LogP contribution is -2.18. The molecule has 0 aliphatic heterocycles. The first-order valence-corrected chi connectivity index (χ1v) is 9.11. The topological polar surface area (TPSA) is 54.0 Å². The van der Waals surface area contributed by atoms with Gasteiger partial charge in [-0.05, 0) is 43.9 Å². The summed E-state index contributed by atoms with van der Waals surface area (Å²) in [5.74, 6) is 0.389. The predicted octanol–water partition coefficient (Wildman–Crippen LogP) is 3.90. The van der Waals surface area contributed by atoms with Crippen LogP contribution in [-0.4, -0.2) is 10.9 Å². The number of benzene rings is 1. The van der Waals surface area contributed by atoms with Crippen LogP contribution in [0.25, 0.3) is 0 Å². The smallest absolute Gasteiger partial charge is 0.227 e. The van der Waals surface area contributed by atoms with E-state index >= 15 is 0 Å². The first-order valence-electron chi connectivity index (χ1n) is 8.23. The number of nitrogens with zero attached hydrogens (tertiary/aromatic N) is 1. The number of hydrogen-bond acceptors (Lipinski definition) is 4. The van der Waals surface area contributed by atoms with Crippen LogP contribution >= 0.6 is 11.3 Å². The molecule has 1 aromatic carbocycles. The zero-order valence-corrected chi connectivity index (χ0v) is 14.5. The van der Waals surface area contributed by atoms with E-state index in [2.05, 4.69) is 47.0 Å². The highest BCUT2D eigenvalue weighted by Gasteiger charge is 2.29. The molecular formula is C18H23N3OS. The van der Waals surface area contributed by atoms with E-state index in [9.17, 15) is 4.79 Å². The largest absolute Gasteiger partial charge is 0.326 e. The summed E-state index contributed by atoms with van der Waals surface area (Å²) in [6.45, 7) is 5.05. The Morgan fingerprint density at radius 3 is 2.70 bits per heavy atom. The van der Waals surface area contributed by atoms with Crippen molar-refractivity contribution in [2.75, 3.05) is 5.32 Å². The lowest BCUT2D eigenvalue weighted by atomic mass is 10.1. The summed E-state index contributed by atoms with van der Waals surface area (Å²) in [4.78, 5) is 16.3. The Morgan fingerprint density at radius 1 is 1.35 bits per heavy atom. The van der Waals surface area contributed by atoms with Crippen LogP contribution in [0, 0.1) is 5.92 Å². The summed E-state index contributed by atoms with van der Waals surface area (Å²) in [5, 5.41) is 9.77. The van der Waals surface area contributed by atoms with Gasteiger partial charge in [-0.3, -0.25) is 4.79 Å². The molecule has 1 aromatic heterocycles. The van der Waals surface area contributed by atoms with Crippen LogP contribution in [-0.2, 0) is 17.8 Å². The van der Waals surface area contributed by atoms with E-state index in [-0.39, 0.29) is 17.9 Å². The molecule has 0 saturated heterocycles. The van der Waals surface area contributed by atoms with E-state index in [0.29, 0.717) is 0 Å². The molecule has 3 rings (SSSR count). The third-order valence-electron chi connectivity index (χ3n) is 4.12. The van der Waals surface area contributed by atoms with Crippen molar-refractivity contribution in [3.8, 4) is 0 Å². The van der Waals surface area contributed by atoms with Crippen molar-refractivity contribution in [2.45, 2.75) is 45.7 Å². The zero-order valence-electron chi connectivity index (χ0n) is 13.6. The molecule has 0 spiro atoms. The van der Waals surface area contributed by atoms with Gasteiger partial charge in [-0.15, -0.1) is 11.3 Å². The molecule has 1 fully saturated rings. The number of anilines is 1. The van der Waals surface area contributed by atoms with Crippen molar-refractivity contribution in [3.63, 3.8) is 0 Å². The van der Waals surface area contributed by atoms with Crippen LogP contribution < -0.4 is 10.6 Å². The van der Waals surface area contributed by atoms with E-state index < -0.39 is 0 Å². The van der Waals surface area contributed by atoms with Gasteiger partial charge >= 0.3 is 0 Å². The summed E-state index contributed by atoms with van der Waals surface area (Å²) in [6, 6.07) is 8.34. The van der Waals surface area contributed by atoms with Gasteiger partial charge < -0.3 is 10.6 Å². The second kappa shape index (κ2) is 7.23. The minimum atomic E-state index is 0.152. The van der Waals surface area contributed by atoms with Gasteiger partial charge in [-0.1, -0.05) is 19.1 Å².